The van der Waals surface area contributed by atoms with E-state index in [0.717, 1.165) is 0 Å². The van der Waals surface area contributed by atoms with Crippen LogP contribution in [-0.4, -0.2) is 0 Å². The highest BCUT2D eigenvalue weighted by molar-refractivity contribution is 7.49. The van der Waals surface area contributed by atoms with Gasteiger partial charge in [0.25, 0.3) is 0 Å². The van der Waals surface area contributed by atoms with Crippen LogP contribution in [0.1, 0.15) is 198 Å². The Kier molecular flexibility index (Phi) is 24.5. The normalized spacial score (nSPS) is 12.1. The Morgan fingerprint density at radius 2 is 0.784 bits per heavy atom. The van der Waals surface area contributed by atoms with Crippen LogP contribution >= 0.6 is 7.53 Å². The van der Waals surface area contributed by atoms with Crippen LogP contribution < -0.4 is 0 Å². The molecule has 1 unspecified atom stereocenters. The molecule has 1 rings (SSSR count). The van der Waals surface area contributed by atoms with E-state index in [4.69, 9.17) is 0 Å². The lowest BCUT2D eigenvalue weighted by molar-refractivity contribution is 0.546. The van der Waals surface area contributed by atoms with E-state index in [1.54, 1.807) is 0 Å². The highest BCUT2D eigenvalue weighted by atomic mass is 31.1. The first-order chi connectivity index (χ1) is 18.3. The van der Waals surface area contributed by atoms with Crippen molar-refractivity contribution in [2.45, 2.75) is 207 Å². The molecule has 0 saturated heterocycles. The summed E-state index contributed by atoms with van der Waals surface area (Å²) in [5.41, 5.74) is 3.71. The molecule has 0 N–H and O–H groups in total. The summed E-state index contributed by atoms with van der Waals surface area (Å²) < 4.78 is 0. The summed E-state index contributed by atoms with van der Waals surface area (Å²) in [6.07, 6.45) is 40.2. The van der Waals surface area contributed by atoms with Crippen molar-refractivity contribution in [3.05, 3.63) is 22.2 Å². The summed E-state index contributed by atoms with van der Waals surface area (Å²) in [6, 6.07) is 0. The van der Waals surface area contributed by atoms with Crippen LogP contribution in [-0.2, 0) is 25.4 Å². The zero-order valence-corrected chi connectivity index (χ0v) is 27.2. The number of rotatable bonds is 28. The van der Waals surface area contributed by atoms with Gasteiger partial charge in [-0.05, 0) is 73.3 Å². The van der Waals surface area contributed by atoms with Crippen molar-refractivity contribution in [3.8, 4) is 0 Å². The molecule has 1 heterocycles. The van der Waals surface area contributed by atoms with Crippen molar-refractivity contribution in [3.63, 3.8) is 0 Å². The number of hydrogen-bond donors (Lipinski definition) is 0. The van der Waals surface area contributed by atoms with E-state index in [2.05, 4.69) is 33.5 Å². The third-order valence-electron chi connectivity index (χ3n) is 8.49. The van der Waals surface area contributed by atoms with Gasteiger partial charge in [-0.2, -0.15) is 0 Å². The molecule has 0 nitrogen and oxygen atoms in total. The van der Waals surface area contributed by atoms with Gasteiger partial charge < -0.3 is 0 Å². The first-order valence-electron chi connectivity index (χ1n) is 17.5. The van der Waals surface area contributed by atoms with Gasteiger partial charge in [0, 0.05) is 0 Å². The molecule has 0 aliphatic carbocycles. The predicted molar refractivity (Wildman–Crippen MR) is 174 cm³/mol. The van der Waals surface area contributed by atoms with Gasteiger partial charge in [-0.1, -0.05) is 156 Å². The van der Waals surface area contributed by atoms with Crippen LogP contribution in [0.15, 0.2) is 5.80 Å². The van der Waals surface area contributed by atoms with E-state index in [1.807, 2.05) is 16.4 Å². The second kappa shape index (κ2) is 26.0. The minimum Gasteiger partial charge on any atom is -0.121 e. The molecule has 0 aromatic carbocycles. The van der Waals surface area contributed by atoms with Gasteiger partial charge in [0.2, 0.25) is 0 Å². The van der Waals surface area contributed by atoms with Crippen LogP contribution in [0.4, 0.5) is 0 Å². The Balaban J connectivity index is 2.59. The Bertz CT molecular complexity index is 598. The van der Waals surface area contributed by atoms with Crippen LogP contribution in [0.2, 0.25) is 0 Å². The van der Waals surface area contributed by atoms with Crippen LogP contribution in [0.5, 0.6) is 0 Å². The minimum atomic E-state index is 0.0228. The average molecular weight is 533 g/mol. The number of aryl methyl sites for hydroxylation is 2. The smallest absolute Gasteiger partial charge is 0.0138 e. The van der Waals surface area contributed by atoms with Gasteiger partial charge >= 0.3 is 0 Å². The standard InChI is InChI=1S/C36H69P/c1-5-9-13-17-18-19-20-21-22-23-24-28-32-37-33-34(29-25-14-10-6-2)35(30-26-15-11-7-3)36(37)31-27-16-12-8-4/h33H,5-32H2,1-4H3. The summed E-state index contributed by atoms with van der Waals surface area (Å²) in [5.74, 6) is 2.85. The maximum absolute atomic E-state index is 2.85. The molecule has 218 valence electrons. The molecule has 1 heteroatoms. The number of hydrogen-bond acceptors (Lipinski definition) is 0. The van der Waals surface area contributed by atoms with Crippen LogP contribution in [0.25, 0.3) is 0 Å². The zero-order chi connectivity index (χ0) is 26.8. The van der Waals surface area contributed by atoms with E-state index < -0.39 is 0 Å². The average Bonchev–Trinajstić information content (AvgIpc) is 3.23. The van der Waals surface area contributed by atoms with Crippen molar-refractivity contribution < 1.29 is 0 Å². The third-order valence-corrected chi connectivity index (χ3v) is 11.1. The van der Waals surface area contributed by atoms with E-state index in [9.17, 15) is 0 Å². The summed E-state index contributed by atoms with van der Waals surface area (Å²) >= 11 is 0. The molecule has 37 heavy (non-hydrogen) atoms. The molecule has 0 fully saturated rings. The minimum absolute atomic E-state index is 0.0228. The fourth-order valence-corrected chi connectivity index (χ4v) is 8.86. The molecular weight excluding hydrogens is 463 g/mol. The van der Waals surface area contributed by atoms with E-state index >= 15 is 0 Å². The lowest BCUT2D eigenvalue weighted by atomic mass is 9.97. The molecule has 0 radical (unpaired) electrons. The molecule has 1 aromatic rings. The molecule has 1 aromatic heterocycles. The van der Waals surface area contributed by atoms with Gasteiger partial charge in [0.1, 0.15) is 0 Å². The van der Waals surface area contributed by atoms with Gasteiger partial charge in [-0.25, -0.2) is 0 Å². The molecule has 0 amide bonds. The van der Waals surface area contributed by atoms with Crippen molar-refractivity contribution in [2.75, 3.05) is 0 Å². The largest absolute Gasteiger partial charge is 0.121 e. The highest BCUT2D eigenvalue weighted by Gasteiger charge is 2.16. The molecule has 0 aliphatic heterocycles. The molecule has 0 spiro atoms. The Morgan fingerprint density at radius 3 is 1.27 bits per heavy atom. The van der Waals surface area contributed by atoms with Crippen molar-refractivity contribution in [2.24, 2.45) is 0 Å². The van der Waals surface area contributed by atoms with Gasteiger partial charge in [-0.15, -0.1) is 7.53 Å². The summed E-state index contributed by atoms with van der Waals surface area (Å²) in [6.45, 7) is 9.36. The van der Waals surface area contributed by atoms with E-state index in [0.29, 0.717) is 0 Å². The van der Waals surface area contributed by atoms with Crippen molar-refractivity contribution in [1.29, 1.82) is 0 Å². The highest BCUT2D eigenvalue weighted by Crippen LogP contribution is 2.44. The Morgan fingerprint density at radius 1 is 0.405 bits per heavy atom. The second-order valence-corrected chi connectivity index (χ2v) is 14.3. The first-order valence-corrected chi connectivity index (χ1v) is 19.1. The van der Waals surface area contributed by atoms with E-state index in [-0.39, 0.29) is 7.53 Å². The molecule has 1 atom stereocenters. The summed E-state index contributed by atoms with van der Waals surface area (Å²) in [5, 5.41) is 1.97. The van der Waals surface area contributed by atoms with Gasteiger partial charge in [-0.3, -0.25) is 0 Å². The predicted octanol–water partition coefficient (Wildman–Crippen LogP) is 13.7. The van der Waals surface area contributed by atoms with Gasteiger partial charge in [0.15, 0.2) is 0 Å². The van der Waals surface area contributed by atoms with Crippen LogP contribution in [0.3, 0.4) is 0 Å². The lowest BCUT2D eigenvalue weighted by Gasteiger charge is -2.11. The third kappa shape index (κ3) is 17.9. The van der Waals surface area contributed by atoms with Crippen LogP contribution in [0, 0.1) is 0 Å². The lowest BCUT2D eigenvalue weighted by Crippen LogP contribution is -1.97. The topological polar surface area (TPSA) is 0 Å². The molecule has 0 aliphatic rings. The number of unbranched alkanes of at least 4 members (excludes halogenated alkanes) is 20. The van der Waals surface area contributed by atoms with Crippen molar-refractivity contribution in [1.82, 2.24) is 0 Å². The summed E-state index contributed by atoms with van der Waals surface area (Å²) in [4.78, 5) is 0. The zero-order valence-electron chi connectivity index (χ0n) is 26.3. The fraction of sp³-hybridized carbons (Fsp3) is 0.889. The molecule has 0 bridgehead atoms. The van der Waals surface area contributed by atoms with Crippen molar-refractivity contribution >= 4 is 7.53 Å². The monoisotopic (exact) mass is 533 g/mol. The molecule has 0 saturated carbocycles. The fourth-order valence-electron chi connectivity index (χ4n) is 6.03. The summed E-state index contributed by atoms with van der Waals surface area (Å²) in [7, 11) is 0.0228. The Hall–Kier alpha value is -0.220. The first kappa shape index (κ1) is 34.8. The maximum Gasteiger partial charge on any atom is -0.0138 e. The SMILES string of the molecule is CCCCCCCCCCCCCCp1cc(CCCCCC)c(CCCCCC)c1CCCCCC. The Labute approximate surface area is 236 Å². The quantitative estimate of drug-likeness (QED) is 0.0941. The maximum atomic E-state index is 2.85. The second-order valence-electron chi connectivity index (χ2n) is 12.1. The van der Waals surface area contributed by atoms with E-state index in [1.165, 1.54) is 180 Å². The molecular formula is C36H69P. The van der Waals surface area contributed by atoms with Gasteiger partial charge in [0.05, 0.1) is 0 Å².